The molecule has 0 heterocycles. The van der Waals surface area contributed by atoms with Crippen LogP contribution >= 0.6 is 0 Å². The molecule has 0 fully saturated rings. The lowest BCUT2D eigenvalue weighted by Crippen LogP contribution is -2.42. The summed E-state index contributed by atoms with van der Waals surface area (Å²) in [5, 5.41) is 11.7. The SMILES string of the molecule is O=C(N[C@@H](Cc1ccccc1)C(=O)O)C1=CC=CC1. The topological polar surface area (TPSA) is 66.4 Å². The quantitative estimate of drug-likeness (QED) is 0.843. The number of carboxylic acids is 1. The van der Waals surface area contributed by atoms with Crippen molar-refractivity contribution in [1.82, 2.24) is 5.32 Å². The first-order chi connectivity index (χ1) is 9.16. The standard InChI is InChI=1S/C15H15NO3/c17-14(12-8-4-5-9-12)16-13(15(18)19)10-11-6-2-1-3-7-11/h1-8,13H,9-10H2,(H,16,17)(H,18,19)/t13-/m0/s1. The molecule has 1 aromatic rings. The molecule has 0 saturated carbocycles. The van der Waals surface area contributed by atoms with E-state index in [0.29, 0.717) is 12.0 Å². The summed E-state index contributed by atoms with van der Waals surface area (Å²) < 4.78 is 0. The van der Waals surface area contributed by atoms with E-state index in [2.05, 4.69) is 5.32 Å². The summed E-state index contributed by atoms with van der Waals surface area (Å²) >= 11 is 0. The second-order valence-corrected chi connectivity index (χ2v) is 4.38. The van der Waals surface area contributed by atoms with Crippen molar-refractivity contribution in [2.75, 3.05) is 0 Å². The summed E-state index contributed by atoms with van der Waals surface area (Å²) in [6.07, 6.45) is 6.20. The van der Waals surface area contributed by atoms with E-state index in [1.807, 2.05) is 36.4 Å². The molecule has 1 amide bonds. The van der Waals surface area contributed by atoms with Crippen molar-refractivity contribution in [3.8, 4) is 0 Å². The van der Waals surface area contributed by atoms with Crippen LogP contribution in [0.25, 0.3) is 0 Å². The van der Waals surface area contributed by atoms with Gasteiger partial charge in [0.05, 0.1) is 0 Å². The second-order valence-electron chi connectivity index (χ2n) is 4.38. The van der Waals surface area contributed by atoms with Gasteiger partial charge >= 0.3 is 5.97 Å². The van der Waals surface area contributed by atoms with E-state index in [0.717, 1.165) is 5.56 Å². The third-order valence-corrected chi connectivity index (χ3v) is 2.95. The van der Waals surface area contributed by atoms with Gasteiger partial charge in [-0.15, -0.1) is 0 Å². The first-order valence-corrected chi connectivity index (χ1v) is 6.10. The van der Waals surface area contributed by atoms with Crippen LogP contribution < -0.4 is 5.32 Å². The Hall–Kier alpha value is -2.36. The second kappa shape index (κ2) is 6.00. The van der Waals surface area contributed by atoms with Crippen molar-refractivity contribution in [3.05, 3.63) is 59.7 Å². The van der Waals surface area contributed by atoms with Crippen LogP contribution in [0.5, 0.6) is 0 Å². The molecule has 2 rings (SSSR count). The van der Waals surface area contributed by atoms with Crippen molar-refractivity contribution >= 4 is 11.9 Å². The highest BCUT2D eigenvalue weighted by molar-refractivity contribution is 5.97. The van der Waals surface area contributed by atoms with Gasteiger partial charge in [0.2, 0.25) is 5.91 Å². The number of carbonyl (C=O) groups excluding carboxylic acids is 1. The van der Waals surface area contributed by atoms with Gasteiger partial charge in [0.25, 0.3) is 0 Å². The van der Waals surface area contributed by atoms with Gasteiger partial charge in [0, 0.05) is 12.0 Å². The smallest absolute Gasteiger partial charge is 0.326 e. The zero-order chi connectivity index (χ0) is 13.7. The molecule has 0 aromatic heterocycles. The van der Waals surface area contributed by atoms with Crippen molar-refractivity contribution in [3.63, 3.8) is 0 Å². The summed E-state index contributed by atoms with van der Waals surface area (Å²) in [5.41, 5.74) is 1.48. The number of hydrogen-bond acceptors (Lipinski definition) is 2. The summed E-state index contributed by atoms with van der Waals surface area (Å²) in [5.74, 6) is -1.34. The van der Waals surface area contributed by atoms with Crippen molar-refractivity contribution < 1.29 is 14.7 Å². The van der Waals surface area contributed by atoms with E-state index in [1.165, 1.54) is 0 Å². The Morgan fingerprint density at radius 3 is 2.58 bits per heavy atom. The van der Waals surface area contributed by atoms with Gasteiger partial charge in [-0.2, -0.15) is 0 Å². The Balaban J connectivity index is 2.00. The third kappa shape index (κ3) is 3.55. The molecule has 1 aromatic carbocycles. The lowest BCUT2D eigenvalue weighted by molar-refractivity contribution is -0.141. The molecule has 0 saturated heterocycles. The zero-order valence-corrected chi connectivity index (χ0v) is 10.4. The molecule has 98 valence electrons. The molecule has 0 bridgehead atoms. The molecule has 1 atom stereocenters. The van der Waals surface area contributed by atoms with Gasteiger partial charge in [0.15, 0.2) is 0 Å². The van der Waals surface area contributed by atoms with Crippen LogP contribution in [-0.4, -0.2) is 23.0 Å². The van der Waals surface area contributed by atoms with Crippen LogP contribution in [0.15, 0.2) is 54.1 Å². The van der Waals surface area contributed by atoms with E-state index in [-0.39, 0.29) is 12.3 Å². The van der Waals surface area contributed by atoms with Gasteiger partial charge in [-0.25, -0.2) is 4.79 Å². The monoisotopic (exact) mass is 257 g/mol. The molecule has 4 nitrogen and oxygen atoms in total. The first-order valence-electron chi connectivity index (χ1n) is 6.10. The predicted octanol–water partition coefficient (Wildman–Crippen LogP) is 1.68. The summed E-state index contributed by atoms with van der Waals surface area (Å²) in [6, 6.07) is 8.35. The minimum Gasteiger partial charge on any atom is -0.480 e. The number of amides is 1. The molecule has 0 unspecified atom stereocenters. The van der Waals surface area contributed by atoms with Crippen LogP contribution in [0.1, 0.15) is 12.0 Å². The minimum absolute atomic E-state index is 0.280. The number of benzene rings is 1. The van der Waals surface area contributed by atoms with Gasteiger partial charge in [-0.05, 0) is 12.0 Å². The average Bonchev–Trinajstić information content (AvgIpc) is 2.93. The van der Waals surface area contributed by atoms with Gasteiger partial charge < -0.3 is 10.4 Å². The lowest BCUT2D eigenvalue weighted by Gasteiger charge is -2.15. The molecule has 0 aliphatic heterocycles. The summed E-state index contributed by atoms with van der Waals surface area (Å²) in [7, 11) is 0. The van der Waals surface area contributed by atoms with Crippen molar-refractivity contribution in [2.24, 2.45) is 0 Å². The molecule has 19 heavy (non-hydrogen) atoms. The molecule has 1 aliphatic rings. The fourth-order valence-corrected chi connectivity index (χ4v) is 1.92. The van der Waals surface area contributed by atoms with Gasteiger partial charge in [0.1, 0.15) is 6.04 Å². The number of carboxylic acid groups (broad SMARTS) is 1. The number of hydrogen-bond donors (Lipinski definition) is 2. The predicted molar refractivity (Wildman–Crippen MR) is 71.6 cm³/mol. The Labute approximate surface area is 111 Å². The minimum atomic E-state index is -1.02. The Morgan fingerprint density at radius 1 is 1.26 bits per heavy atom. The fraction of sp³-hybridized carbons (Fsp3) is 0.200. The molecule has 4 heteroatoms. The summed E-state index contributed by atoms with van der Waals surface area (Å²) in [6.45, 7) is 0. The highest BCUT2D eigenvalue weighted by Gasteiger charge is 2.22. The highest BCUT2D eigenvalue weighted by atomic mass is 16.4. The first kappa shape index (κ1) is 13.1. The third-order valence-electron chi connectivity index (χ3n) is 2.95. The summed E-state index contributed by atoms with van der Waals surface area (Å²) in [4.78, 5) is 23.1. The van der Waals surface area contributed by atoms with Crippen LogP contribution in [0.2, 0.25) is 0 Å². The van der Waals surface area contributed by atoms with Gasteiger partial charge in [-0.1, -0.05) is 48.6 Å². The lowest BCUT2D eigenvalue weighted by atomic mass is 10.1. The van der Waals surface area contributed by atoms with E-state index in [1.54, 1.807) is 12.2 Å². The number of aliphatic carboxylic acids is 1. The number of carbonyl (C=O) groups is 2. The number of rotatable bonds is 5. The van der Waals surface area contributed by atoms with Crippen LogP contribution in [0, 0.1) is 0 Å². The van der Waals surface area contributed by atoms with Gasteiger partial charge in [-0.3, -0.25) is 4.79 Å². The number of nitrogens with one attached hydrogen (secondary N) is 1. The van der Waals surface area contributed by atoms with Crippen molar-refractivity contribution in [2.45, 2.75) is 18.9 Å². The van der Waals surface area contributed by atoms with Crippen LogP contribution in [0.4, 0.5) is 0 Å². The van der Waals surface area contributed by atoms with Crippen molar-refractivity contribution in [1.29, 1.82) is 0 Å². The van der Waals surface area contributed by atoms with E-state index in [9.17, 15) is 14.7 Å². The molecule has 1 aliphatic carbocycles. The van der Waals surface area contributed by atoms with Crippen LogP contribution in [-0.2, 0) is 16.0 Å². The van der Waals surface area contributed by atoms with E-state index < -0.39 is 12.0 Å². The molecule has 0 spiro atoms. The maximum absolute atomic E-state index is 11.9. The molecular formula is C15H15NO3. The Morgan fingerprint density at radius 2 is 2.00 bits per heavy atom. The Bertz CT molecular complexity index is 532. The highest BCUT2D eigenvalue weighted by Crippen LogP contribution is 2.11. The molecular weight excluding hydrogens is 242 g/mol. The molecule has 0 radical (unpaired) electrons. The maximum atomic E-state index is 11.9. The zero-order valence-electron chi connectivity index (χ0n) is 10.4. The largest absolute Gasteiger partial charge is 0.480 e. The van der Waals surface area contributed by atoms with E-state index in [4.69, 9.17) is 0 Å². The maximum Gasteiger partial charge on any atom is 0.326 e. The van der Waals surface area contributed by atoms with Crippen LogP contribution in [0.3, 0.4) is 0 Å². The molecule has 2 N–H and O–H groups in total. The van der Waals surface area contributed by atoms with E-state index >= 15 is 0 Å². The normalized spacial score (nSPS) is 14.8. The fourth-order valence-electron chi connectivity index (χ4n) is 1.92. The number of allylic oxidation sites excluding steroid dienone is 3. The average molecular weight is 257 g/mol. The Kier molecular flexibility index (Phi) is 4.13.